The number of allylic oxidation sites excluding steroid dienone is 1. The maximum absolute atomic E-state index is 9.70. The third kappa shape index (κ3) is 2.43. The molecule has 2 aromatic carbocycles. The molecule has 0 bridgehead atoms. The number of aliphatic hydroxyl groups is 1. The van der Waals surface area contributed by atoms with Crippen LogP contribution in [0.5, 0.6) is 0 Å². The number of hydrogen-bond acceptors (Lipinski definition) is 3. The fraction of sp³-hybridized carbons (Fsp3) is 0.263. The van der Waals surface area contributed by atoms with Crippen molar-refractivity contribution in [1.82, 2.24) is 0 Å². The van der Waals surface area contributed by atoms with Crippen LogP contribution < -0.4 is 0 Å². The van der Waals surface area contributed by atoms with Gasteiger partial charge in [0.1, 0.15) is 5.76 Å². The van der Waals surface area contributed by atoms with Gasteiger partial charge in [-0.15, -0.1) is 0 Å². The van der Waals surface area contributed by atoms with Gasteiger partial charge in [-0.25, -0.2) is 0 Å². The summed E-state index contributed by atoms with van der Waals surface area (Å²) in [5.74, 6) is -0.0147. The molecule has 2 aliphatic rings. The van der Waals surface area contributed by atoms with E-state index in [-0.39, 0.29) is 0 Å². The van der Waals surface area contributed by atoms with Gasteiger partial charge < -0.3 is 14.6 Å². The lowest BCUT2D eigenvalue weighted by Gasteiger charge is -2.34. The van der Waals surface area contributed by atoms with E-state index >= 15 is 0 Å². The average Bonchev–Trinajstić information content (AvgIpc) is 2.89. The highest BCUT2D eigenvalue weighted by atomic mass is 16.7. The van der Waals surface area contributed by atoms with Crippen molar-refractivity contribution in [1.29, 1.82) is 0 Å². The minimum atomic E-state index is -0.784. The number of rotatable bonds is 1. The van der Waals surface area contributed by atoms with Crippen molar-refractivity contribution in [3.05, 3.63) is 65.9 Å². The first kappa shape index (κ1) is 13.6. The summed E-state index contributed by atoms with van der Waals surface area (Å²) in [7, 11) is 0. The van der Waals surface area contributed by atoms with Crippen molar-refractivity contribution in [3.63, 3.8) is 0 Å². The van der Waals surface area contributed by atoms with Gasteiger partial charge in [0.25, 0.3) is 0 Å². The van der Waals surface area contributed by atoms with Gasteiger partial charge in [-0.2, -0.15) is 0 Å². The van der Waals surface area contributed by atoms with Gasteiger partial charge in [-0.1, -0.05) is 42.5 Å². The van der Waals surface area contributed by atoms with Crippen LogP contribution in [0.3, 0.4) is 0 Å². The summed E-state index contributed by atoms with van der Waals surface area (Å²) in [5.41, 5.74) is 1.12. The SMILES string of the molecule is OC1CCCC2(C=C/C(=C/c3cccc4ccccc34)O2)O1. The second-order valence-electron chi connectivity index (χ2n) is 5.83. The molecule has 2 aliphatic heterocycles. The number of ether oxygens (including phenoxy) is 2. The zero-order valence-electron chi connectivity index (χ0n) is 12.2. The monoisotopic (exact) mass is 294 g/mol. The highest BCUT2D eigenvalue weighted by Gasteiger charge is 2.39. The summed E-state index contributed by atoms with van der Waals surface area (Å²) in [6, 6.07) is 14.5. The molecule has 2 heterocycles. The summed E-state index contributed by atoms with van der Waals surface area (Å²) in [5, 5.41) is 12.1. The minimum absolute atomic E-state index is 0.668. The summed E-state index contributed by atoms with van der Waals surface area (Å²) in [4.78, 5) is 0. The molecule has 2 unspecified atom stereocenters. The smallest absolute Gasteiger partial charge is 0.233 e. The van der Waals surface area contributed by atoms with Gasteiger partial charge in [0, 0.05) is 6.42 Å². The van der Waals surface area contributed by atoms with E-state index in [4.69, 9.17) is 9.47 Å². The number of benzene rings is 2. The summed E-state index contributed by atoms with van der Waals surface area (Å²) >= 11 is 0. The molecule has 1 N–H and O–H groups in total. The maximum atomic E-state index is 9.70. The highest BCUT2D eigenvalue weighted by Crippen LogP contribution is 2.37. The van der Waals surface area contributed by atoms with E-state index in [2.05, 4.69) is 24.3 Å². The Labute approximate surface area is 129 Å². The number of hydrogen-bond donors (Lipinski definition) is 1. The third-order valence-corrected chi connectivity index (χ3v) is 4.23. The van der Waals surface area contributed by atoms with Gasteiger partial charge >= 0.3 is 0 Å². The molecule has 3 nitrogen and oxygen atoms in total. The molecule has 4 rings (SSSR count). The molecule has 3 heteroatoms. The van der Waals surface area contributed by atoms with Crippen molar-refractivity contribution in [2.24, 2.45) is 0 Å². The fourth-order valence-corrected chi connectivity index (χ4v) is 3.15. The van der Waals surface area contributed by atoms with Crippen molar-refractivity contribution >= 4 is 16.8 Å². The molecule has 2 atom stereocenters. The lowest BCUT2D eigenvalue weighted by molar-refractivity contribution is -0.276. The fourth-order valence-electron chi connectivity index (χ4n) is 3.15. The first-order valence-corrected chi connectivity index (χ1v) is 7.68. The first-order valence-electron chi connectivity index (χ1n) is 7.68. The van der Waals surface area contributed by atoms with E-state index in [1.165, 1.54) is 10.8 Å². The van der Waals surface area contributed by atoms with Crippen LogP contribution in [-0.4, -0.2) is 17.2 Å². The molecule has 112 valence electrons. The largest absolute Gasteiger partial charge is 0.459 e. The summed E-state index contributed by atoms with van der Waals surface area (Å²) in [6.07, 6.45) is 7.46. The molecule has 1 spiro atoms. The van der Waals surface area contributed by atoms with E-state index in [1.54, 1.807) is 0 Å². The molecule has 0 saturated carbocycles. The van der Waals surface area contributed by atoms with Crippen LogP contribution in [0.25, 0.3) is 16.8 Å². The van der Waals surface area contributed by atoms with Gasteiger partial charge in [-0.3, -0.25) is 0 Å². The Hall–Kier alpha value is -2.10. The topological polar surface area (TPSA) is 38.7 Å². The standard InChI is InChI=1S/C19H18O3/c20-18-9-4-11-19(22-18)12-10-16(21-19)13-15-7-3-6-14-5-1-2-8-17(14)15/h1-3,5-8,10,12-13,18,20H,4,9,11H2/b16-13-. The Morgan fingerprint density at radius 1 is 1.14 bits per heavy atom. The third-order valence-electron chi connectivity index (χ3n) is 4.23. The van der Waals surface area contributed by atoms with Crippen LogP contribution >= 0.6 is 0 Å². The van der Waals surface area contributed by atoms with E-state index < -0.39 is 12.1 Å². The predicted octanol–water partition coefficient (Wildman–Crippen LogP) is 3.98. The van der Waals surface area contributed by atoms with Crippen molar-refractivity contribution in [2.45, 2.75) is 31.3 Å². The van der Waals surface area contributed by atoms with Crippen LogP contribution in [0.2, 0.25) is 0 Å². The lowest BCUT2D eigenvalue weighted by atomic mass is 10.0. The summed E-state index contributed by atoms with van der Waals surface area (Å²) < 4.78 is 11.6. The zero-order chi connectivity index (χ0) is 15.0. The molecule has 22 heavy (non-hydrogen) atoms. The Bertz CT molecular complexity index is 757. The van der Waals surface area contributed by atoms with Gasteiger partial charge in [0.15, 0.2) is 6.29 Å². The zero-order valence-corrected chi connectivity index (χ0v) is 12.2. The van der Waals surface area contributed by atoms with Crippen molar-refractivity contribution < 1.29 is 14.6 Å². The molecule has 0 aliphatic carbocycles. The van der Waals surface area contributed by atoms with Crippen LogP contribution in [0.4, 0.5) is 0 Å². The van der Waals surface area contributed by atoms with E-state index in [1.807, 2.05) is 36.4 Å². The van der Waals surface area contributed by atoms with Crippen LogP contribution in [-0.2, 0) is 9.47 Å². The van der Waals surface area contributed by atoms with Crippen molar-refractivity contribution in [2.75, 3.05) is 0 Å². The summed E-state index contributed by atoms with van der Waals surface area (Å²) in [6.45, 7) is 0. The molecular weight excluding hydrogens is 276 g/mol. The molecule has 1 fully saturated rings. The Morgan fingerprint density at radius 2 is 2.00 bits per heavy atom. The lowest BCUT2D eigenvalue weighted by Crippen LogP contribution is -2.39. The van der Waals surface area contributed by atoms with E-state index in [0.29, 0.717) is 6.42 Å². The Morgan fingerprint density at radius 3 is 2.91 bits per heavy atom. The normalized spacial score (nSPS) is 29.3. The van der Waals surface area contributed by atoms with E-state index in [0.717, 1.165) is 24.2 Å². The minimum Gasteiger partial charge on any atom is -0.459 e. The van der Waals surface area contributed by atoms with Gasteiger partial charge in [0.2, 0.25) is 5.79 Å². The second-order valence-corrected chi connectivity index (χ2v) is 5.83. The van der Waals surface area contributed by atoms with Crippen LogP contribution in [0.15, 0.2) is 60.4 Å². The first-order chi connectivity index (χ1) is 10.7. The second kappa shape index (κ2) is 5.27. The van der Waals surface area contributed by atoms with Crippen LogP contribution in [0, 0.1) is 0 Å². The number of fused-ring (bicyclic) bond motifs is 1. The molecule has 1 saturated heterocycles. The molecule has 0 amide bonds. The average molecular weight is 294 g/mol. The predicted molar refractivity (Wildman–Crippen MR) is 85.8 cm³/mol. The van der Waals surface area contributed by atoms with Crippen molar-refractivity contribution in [3.8, 4) is 0 Å². The molecular formula is C19H18O3. The number of aliphatic hydroxyl groups excluding tert-OH is 1. The maximum Gasteiger partial charge on any atom is 0.233 e. The quantitative estimate of drug-likeness (QED) is 0.864. The Balaban J connectivity index is 1.65. The van der Waals surface area contributed by atoms with Gasteiger partial charge in [-0.05, 0) is 47.4 Å². The molecule has 2 aromatic rings. The highest BCUT2D eigenvalue weighted by molar-refractivity contribution is 5.90. The van der Waals surface area contributed by atoms with Gasteiger partial charge in [0.05, 0.1) is 0 Å². The van der Waals surface area contributed by atoms with Crippen LogP contribution in [0.1, 0.15) is 24.8 Å². The molecule has 0 radical (unpaired) electrons. The Kier molecular flexibility index (Phi) is 3.25. The molecule has 0 aromatic heterocycles. The van der Waals surface area contributed by atoms with E-state index in [9.17, 15) is 5.11 Å².